The number of ether oxygens (including phenoxy) is 1. The van der Waals surface area contributed by atoms with Gasteiger partial charge in [0.25, 0.3) is 5.91 Å². The van der Waals surface area contributed by atoms with E-state index in [4.69, 9.17) is 9.84 Å². The minimum atomic E-state index is -1.40. The highest BCUT2D eigenvalue weighted by atomic mass is 16.5. The van der Waals surface area contributed by atoms with Gasteiger partial charge in [0, 0.05) is 0 Å². The van der Waals surface area contributed by atoms with Gasteiger partial charge in [-0.2, -0.15) is 0 Å². The van der Waals surface area contributed by atoms with Crippen molar-refractivity contribution in [2.45, 2.75) is 37.8 Å². The molecular weight excluding hydrogens is 274 g/mol. The number of hydrogen-bond acceptors (Lipinski definition) is 4. The maximum atomic E-state index is 11.9. The Labute approximate surface area is 122 Å². The van der Waals surface area contributed by atoms with Crippen molar-refractivity contribution in [1.82, 2.24) is 5.32 Å². The van der Waals surface area contributed by atoms with E-state index < -0.39 is 23.5 Å². The first-order chi connectivity index (χ1) is 9.94. The van der Waals surface area contributed by atoms with Crippen LogP contribution >= 0.6 is 0 Å². The minimum absolute atomic E-state index is 0.216. The fourth-order valence-electron chi connectivity index (χ4n) is 2.20. The Hall–Kier alpha value is -2.08. The van der Waals surface area contributed by atoms with Gasteiger partial charge in [-0.25, -0.2) is 4.79 Å². The molecule has 114 valence electrons. The Bertz CT molecular complexity index is 539. The first-order valence-electron chi connectivity index (χ1n) is 6.86. The summed E-state index contributed by atoms with van der Waals surface area (Å²) >= 11 is 0. The summed E-state index contributed by atoms with van der Waals surface area (Å²) in [6.45, 7) is 1.64. The third-order valence-corrected chi connectivity index (χ3v) is 3.77. The number of carboxylic acids is 1. The van der Waals surface area contributed by atoms with Crippen molar-refractivity contribution < 1.29 is 24.5 Å². The van der Waals surface area contributed by atoms with E-state index in [9.17, 15) is 14.7 Å². The number of aliphatic carboxylic acids is 1. The summed E-state index contributed by atoms with van der Waals surface area (Å²) in [5.74, 6) is -1.19. The standard InChI is InChI=1S/C15H19NO5/c1-10-5-2-3-6-12(10)21-9-11(17)13(18)16-15(14(19)20)7-4-8-15/h2-3,5-6,11,17H,4,7-9H2,1H3,(H,16,18)(H,19,20)/t11-/m1/s1. The molecule has 1 aliphatic rings. The highest BCUT2D eigenvalue weighted by Crippen LogP contribution is 2.32. The lowest BCUT2D eigenvalue weighted by molar-refractivity contribution is -0.153. The number of hydrogen-bond donors (Lipinski definition) is 3. The number of rotatable bonds is 6. The molecule has 0 bridgehead atoms. The van der Waals surface area contributed by atoms with Gasteiger partial charge in [-0.15, -0.1) is 0 Å². The molecule has 0 unspecified atom stereocenters. The molecule has 1 aromatic carbocycles. The summed E-state index contributed by atoms with van der Waals surface area (Å²) in [6, 6.07) is 7.25. The van der Waals surface area contributed by atoms with Crippen LogP contribution in [0.4, 0.5) is 0 Å². The van der Waals surface area contributed by atoms with Crippen molar-refractivity contribution in [1.29, 1.82) is 0 Å². The van der Waals surface area contributed by atoms with E-state index in [1.54, 1.807) is 12.1 Å². The van der Waals surface area contributed by atoms with Crippen LogP contribution in [0.25, 0.3) is 0 Å². The fraction of sp³-hybridized carbons (Fsp3) is 0.467. The first-order valence-corrected chi connectivity index (χ1v) is 6.86. The van der Waals surface area contributed by atoms with E-state index in [1.807, 2.05) is 19.1 Å². The van der Waals surface area contributed by atoms with Crippen molar-refractivity contribution in [3.8, 4) is 5.75 Å². The largest absolute Gasteiger partial charge is 0.490 e. The topological polar surface area (TPSA) is 95.9 Å². The lowest BCUT2D eigenvalue weighted by atomic mass is 9.76. The van der Waals surface area contributed by atoms with Gasteiger partial charge in [-0.3, -0.25) is 4.79 Å². The molecule has 1 aliphatic carbocycles. The van der Waals surface area contributed by atoms with Gasteiger partial charge in [0.05, 0.1) is 0 Å². The zero-order chi connectivity index (χ0) is 15.5. The maximum absolute atomic E-state index is 11.9. The van der Waals surface area contributed by atoms with Crippen molar-refractivity contribution >= 4 is 11.9 Å². The smallest absolute Gasteiger partial charge is 0.329 e. The summed E-state index contributed by atoms with van der Waals surface area (Å²) in [4.78, 5) is 23.0. The number of para-hydroxylation sites is 1. The predicted molar refractivity (Wildman–Crippen MR) is 75.0 cm³/mol. The molecule has 6 heteroatoms. The average molecular weight is 293 g/mol. The van der Waals surface area contributed by atoms with Crippen LogP contribution in [0.1, 0.15) is 24.8 Å². The number of carbonyl (C=O) groups excluding carboxylic acids is 1. The summed E-state index contributed by atoms with van der Waals surface area (Å²) in [5, 5.41) is 21.3. The third kappa shape index (κ3) is 3.33. The van der Waals surface area contributed by atoms with E-state index in [2.05, 4.69) is 5.32 Å². The minimum Gasteiger partial charge on any atom is -0.490 e. The Morgan fingerprint density at radius 3 is 2.57 bits per heavy atom. The van der Waals surface area contributed by atoms with Crippen molar-refractivity contribution in [3.05, 3.63) is 29.8 Å². The molecule has 21 heavy (non-hydrogen) atoms. The van der Waals surface area contributed by atoms with Crippen LogP contribution in [-0.4, -0.2) is 40.3 Å². The second-order valence-corrected chi connectivity index (χ2v) is 5.32. The zero-order valence-electron chi connectivity index (χ0n) is 11.8. The second kappa shape index (κ2) is 6.13. The Kier molecular flexibility index (Phi) is 4.47. The lowest BCUT2D eigenvalue weighted by Crippen LogP contribution is -2.61. The van der Waals surface area contributed by atoms with Gasteiger partial charge < -0.3 is 20.3 Å². The molecule has 1 amide bonds. The average Bonchev–Trinajstić information content (AvgIpc) is 2.40. The molecule has 1 aromatic rings. The molecule has 3 N–H and O–H groups in total. The molecule has 0 aromatic heterocycles. The van der Waals surface area contributed by atoms with E-state index in [0.717, 1.165) is 12.0 Å². The van der Waals surface area contributed by atoms with Crippen LogP contribution in [-0.2, 0) is 9.59 Å². The molecule has 2 rings (SSSR count). The molecule has 0 spiro atoms. The Balaban J connectivity index is 1.88. The van der Waals surface area contributed by atoms with E-state index in [-0.39, 0.29) is 6.61 Å². The Morgan fingerprint density at radius 2 is 2.05 bits per heavy atom. The monoisotopic (exact) mass is 293 g/mol. The van der Waals surface area contributed by atoms with Gasteiger partial charge in [-0.05, 0) is 37.8 Å². The second-order valence-electron chi connectivity index (χ2n) is 5.32. The predicted octanol–water partition coefficient (Wildman–Crippen LogP) is 0.858. The Morgan fingerprint density at radius 1 is 1.38 bits per heavy atom. The molecule has 0 radical (unpaired) electrons. The number of aliphatic hydroxyl groups is 1. The number of carboxylic acid groups (broad SMARTS) is 1. The molecule has 1 atom stereocenters. The fourth-order valence-corrected chi connectivity index (χ4v) is 2.20. The molecule has 0 saturated heterocycles. The van der Waals surface area contributed by atoms with E-state index in [1.165, 1.54) is 0 Å². The van der Waals surface area contributed by atoms with Gasteiger partial charge >= 0.3 is 5.97 Å². The SMILES string of the molecule is Cc1ccccc1OC[C@@H](O)C(=O)NC1(C(=O)O)CCC1. The quantitative estimate of drug-likeness (QED) is 0.723. The lowest BCUT2D eigenvalue weighted by Gasteiger charge is -2.38. The third-order valence-electron chi connectivity index (χ3n) is 3.77. The van der Waals surface area contributed by atoms with Gasteiger partial charge in [0.2, 0.25) is 0 Å². The molecule has 0 heterocycles. The van der Waals surface area contributed by atoms with Crippen molar-refractivity contribution in [2.24, 2.45) is 0 Å². The highest BCUT2D eigenvalue weighted by Gasteiger charge is 2.46. The molecular formula is C15H19NO5. The zero-order valence-corrected chi connectivity index (χ0v) is 11.8. The van der Waals surface area contributed by atoms with Gasteiger partial charge in [-0.1, -0.05) is 18.2 Å². The summed E-state index contributed by atoms with van der Waals surface area (Å²) < 4.78 is 5.39. The van der Waals surface area contributed by atoms with Crippen LogP contribution < -0.4 is 10.1 Å². The van der Waals surface area contributed by atoms with Crippen LogP contribution in [0.2, 0.25) is 0 Å². The van der Waals surface area contributed by atoms with Crippen molar-refractivity contribution in [3.63, 3.8) is 0 Å². The van der Waals surface area contributed by atoms with Gasteiger partial charge in [0.1, 0.15) is 17.9 Å². The first kappa shape index (κ1) is 15.3. The molecule has 1 fully saturated rings. The number of benzene rings is 1. The number of aliphatic hydroxyl groups excluding tert-OH is 1. The maximum Gasteiger partial charge on any atom is 0.329 e. The number of amides is 1. The molecule has 0 aliphatic heterocycles. The van der Waals surface area contributed by atoms with Crippen LogP contribution in [0, 0.1) is 6.92 Å². The number of carbonyl (C=O) groups is 2. The number of aryl methyl sites for hydroxylation is 1. The van der Waals surface area contributed by atoms with Crippen LogP contribution in [0.15, 0.2) is 24.3 Å². The van der Waals surface area contributed by atoms with Gasteiger partial charge in [0.15, 0.2) is 6.10 Å². The summed E-state index contributed by atoms with van der Waals surface area (Å²) in [6.07, 6.45) is 0.128. The van der Waals surface area contributed by atoms with E-state index in [0.29, 0.717) is 18.6 Å². The normalized spacial score (nSPS) is 17.4. The number of nitrogens with one attached hydrogen (secondary N) is 1. The molecule has 1 saturated carbocycles. The highest BCUT2D eigenvalue weighted by molar-refractivity contribution is 5.89. The molecule has 6 nitrogen and oxygen atoms in total. The van der Waals surface area contributed by atoms with E-state index >= 15 is 0 Å². The van der Waals surface area contributed by atoms with Crippen LogP contribution in [0.5, 0.6) is 5.75 Å². The summed E-state index contributed by atoms with van der Waals surface area (Å²) in [5.41, 5.74) is -0.327. The van der Waals surface area contributed by atoms with Crippen LogP contribution in [0.3, 0.4) is 0 Å². The summed E-state index contributed by atoms with van der Waals surface area (Å²) in [7, 11) is 0. The van der Waals surface area contributed by atoms with Crippen molar-refractivity contribution in [2.75, 3.05) is 6.61 Å².